The minimum Gasteiger partial charge on any atom is -0.480 e. The van der Waals surface area contributed by atoms with E-state index in [1.54, 1.807) is 0 Å². The zero-order valence-electron chi connectivity index (χ0n) is 12.0. The maximum Gasteiger partial charge on any atom is 0.321 e. The van der Waals surface area contributed by atoms with Crippen LogP contribution in [0.2, 0.25) is 0 Å². The molecule has 0 saturated carbocycles. The Labute approximate surface area is 122 Å². The van der Waals surface area contributed by atoms with Crippen LogP contribution in [0.5, 0.6) is 0 Å². The second-order valence-electron chi connectivity index (χ2n) is 4.70. The number of sulfonamides is 1. The number of carboxylic acid groups (broad SMARTS) is 1. The van der Waals surface area contributed by atoms with Crippen molar-refractivity contribution in [1.29, 1.82) is 0 Å². The first-order valence-electron chi connectivity index (χ1n) is 5.96. The van der Waals surface area contributed by atoms with E-state index >= 15 is 0 Å². The normalized spacial score (nSPS) is 13.2. The minimum atomic E-state index is -4.14. The van der Waals surface area contributed by atoms with Gasteiger partial charge in [0.25, 0.3) is 5.69 Å². The summed E-state index contributed by atoms with van der Waals surface area (Å²) < 4.78 is 25.6. The van der Waals surface area contributed by atoms with E-state index < -0.39 is 27.0 Å². The van der Waals surface area contributed by atoms with E-state index in [4.69, 9.17) is 5.11 Å². The first-order valence-corrected chi connectivity index (χ1v) is 7.40. The largest absolute Gasteiger partial charge is 0.480 e. The number of carboxylic acids is 1. The summed E-state index contributed by atoms with van der Waals surface area (Å²) in [6, 6.07) is 1.28. The molecule has 1 aromatic rings. The van der Waals surface area contributed by atoms with Gasteiger partial charge in [0.15, 0.2) is 0 Å². The zero-order valence-corrected chi connectivity index (χ0v) is 12.8. The molecule has 0 aromatic heterocycles. The molecule has 0 aliphatic rings. The van der Waals surface area contributed by atoms with Gasteiger partial charge in [0.2, 0.25) is 10.0 Å². The maximum atomic E-state index is 12.5. The molecule has 116 valence electrons. The Morgan fingerprint density at radius 3 is 2.33 bits per heavy atom. The van der Waals surface area contributed by atoms with Crippen LogP contribution in [0.4, 0.5) is 5.69 Å². The van der Waals surface area contributed by atoms with Gasteiger partial charge in [0.1, 0.15) is 6.04 Å². The SMILES string of the molecule is Cc1cc([N+](=O)[O-])c(C)c(S(=O)(=O)N(C)C(C)C(=O)O)c1. The molecule has 0 saturated heterocycles. The van der Waals surface area contributed by atoms with Crippen LogP contribution in [0.3, 0.4) is 0 Å². The predicted octanol–water partition coefficient (Wildman–Crippen LogP) is 1.31. The topological polar surface area (TPSA) is 118 Å². The number of carbonyl (C=O) groups is 1. The highest BCUT2D eigenvalue weighted by Gasteiger charge is 2.32. The van der Waals surface area contributed by atoms with Crippen LogP contribution in [-0.2, 0) is 14.8 Å². The number of nitro groups is 1. The van der Waals surface area contributed by atoms with Gasteiger partial charge >= 0.3 is 5.97 Å². The number of aliphatic carboxylic acids is 1. The third-order valence-electron chi connectivity index (χ3n) is 3.23. The first-order chi connectivity index (χ1) is 9.50. The quantitative estimate of drug-likeness (QED) is 0.646. The molecule has 0 spiro atoms. The molecule has 0 amide bonds. The fourth-order valence-corrected chi connectivity index (χ4v) is 3.43. The smallest absolute Gasteiger partial charge is 0.321 e. The number of aryl methyl sites for hydroxylation is 1. The van der Waals surface area contributed by atoms with E-state index in [2.05, 4.69) is 0 Å². The highest BCUT2D eigenvalue weighted by atomic mass is 32.2. The molecule has 9 heteroatoms. The summed E-state index contributed by atoms with van der Waals surface area (Å²) in [5.74, 6) is -1.30. The molecular formula is C12H16N2O6S. The van der Waals surface area contributed by atoms with Crippen molar-refractivity contribution in [3.05, 3.63) is 33.4 Å². The van der Waals surface area contributed by atoms with Crippen LogP contribution in [0.1, 0.15) is 18.1 Å². The standard InChI is InChI=1S/C12H16N2O6S/c1-7-5-10(14(17)18)8(2)11(6-7)21(19,20)13(4)9(3)12(15)16/h5-6,9H,1-4H3,(H,15,16). The summed E-state index contributed by atoms with van der Waals surface area (Å²) in [4.78, 5) is 21.0. The Hall–Kier alpha value is -2.00. The Bertz CT molecular complexity index is 698. The molecule has 1 unspecified atom stereocenters. The summed E-state index contributed by atoms with van der Waals surface area (Å²) in [5.41, 5.74) is 0.0715. The molecule has 21 heavy (non-hydrogen) atoms. The Kier molecular flexibility index (Phi) is 4.69. The molecule has 0 radical (unpaired) electrons. The van der Waals surface area contributed by atoms with Crippen LogP contribution in [0.15, 0.2) is 17.0 Å². The first kappa shape index (κ1) is 17.1. The Morgan fingerprint density at radius 1 is 1.38 bits per heavy atom. The lowest BCUT2D eigenvalue weighted by molar-refractivity contribution is -0.385. The van der Waals surface area contributed by atoms with Crippen molar-refractivity contribution in [2.24, 2.45) is 0 Å². The second kappa shape index (κ2) is 5.78. The van der Waals surface area contributed by atoms with Gasteiger partial charge in [-0.25, -0.2) is 8.42 Å². The van der Waals surface area contributed by atoms with Crippen LogP contribution in [0, 0.1) is 24.0 Å². The van der Waals surface area contributed by atoms with E-state index in [0.717, 1.165) is 7.05 Å². The summed E-state index contributed by atoms with van der Waals surface area (Å²) in [7, 11) is -3.02. The van der Waals surface area contributed by atoms with Crippen molar-refractivity contribution >= 4 is 21.7 Å². The van der Waals surface area contributed by atoms with Crippen LogP contribution in [-0.4, -0.2) is 41.8 Å². The highest BCUT2D eigenvalue weighted by molar-refractivity contribution is 7.89. The van der Waals surface area contributed by atoms with Gasteiger partial charge in [0, 0.05) is 18.7 Å². The number of nitro benzene ring substituents is 1. The fraction of sp³-hybridized carbons (Fsp3) is 0.417. The Morgan fingerprint density at radius 2 is 1.90 bits per heavy atom. The third kappa shape index (κ3) is 3.19. The van der Waals surface area contributed by atoms with E-state index in [1.807, 2.05) is 0 Å². The van der Waals surface area contributed by atoms with Crippen molar-refractivity contribution in [2.75, 3.05) is 7.05 Å². The average molecular weight is 316 g/mol. The third-order valence-corrected chi connectivity index (χ3v) is 5.29. The number of likely N-dealkylation sites (N-methyl/N-ethyl adjacent to an activating group) is 1. The number of benzene rings is 1. The van der Waals surface area contributed by atoms with Gasteiger partial charge in [-0.3, -0.25) is 14.9 Å². The number of nitrogens with zero attached hydrogens (tertiary/aromatic N) is 2. The molecule has 0 bridgehead atoms. The maximum absolute atomic E-state index is 12.5. The van der Waals surface area contributed by atoms with Crippen molar-refractivity contribution in [3.63, 3.8) is 0 Å². The van der Waals surface area contributed by atoms with Gasteiger partial charge in [-0.1, -0.05) is 0 Å². The molecule has 0 heterocycles. The number of hydrogen-bond donors (Lipinski definition) is 1. The fourth-order valence-electron chi connectivity index (χ4n) is 1.78. The summed E-state index contributed by atoms with van der Waals surface area (Å²) in [6.45, 7) is 4.08. The van der Waals surface area contributed by atoms with Gasteiger partial charge in [-0.05, 0) is 32.4 Å². The molecule has 1 N–H and O–H groups in total. The lowest BCUT2D eigenvalue weighted by Gasteiger charge is -2.22. The van der Waals surface area contributed by atoms with Crippen molar-refractivity contribution < 1.29 is 23.2 Å². The molecule has 0 aliphatic carbocycles. The summed E-state index contributed by atoms with van der Waals surface area (Å²) in [6.07, 6.45) is 0. The molecule has 0 aliphatic heterocycles. The highest BCUT2D eigenvalue weighted by Crippen LogP contribution is 2.29. The number of rotatable bonds is 5. The molecule has 1 rings (SSSR count). The lowest BCUT2D eigenvalue weighted by atomic mass is 10.1. The van der Waals surface area contributed by atoms with Crippen molar-refractivity contribution in [2.45, 2.75) is 31.7 Å². The van der Waals surface area contributed by atoms with E-state index in [1.165, 1.54) is 32.9 Å². The van der Waals surface area contributed by atoms with Crippen LogP contribution in [0.25, 0.3) is 0 Å². The van der Waals surface area contributed by atoms with Crippen LogP contribution >= 0.6 is 0 Å². The van der Waals surface area contributed by atoms with Gasteiger partial charge in [-0.15, -0.1) is 0 Å². The molecular weight excluding hydrogens is 300 g/mol. The zero-order chi connectivity index (χ0) is 16.5. The number of hydrogen-bond acceptors (Lipinski definition) is 5. The van der Waals surface area contributed by atoms with Crippen LogP contribution < -0.4 is 0 Å². The van der Waals surface area contributed by atoms with Gasteiger partial charge in [-0.2, -0.15) is 4.31 Å². The molecule has 8 nitrogen and oxygen atoms in total. The van der Waals surface area contributed by atoms with Crippen molar-refractivity contribution in [3.8, 4) is 0 Å². The average Bonchev–Trinajstić information content (AvgIpc) is 2.38. The van der Waals surface area contributed by atoms with Gasteiger partial charge < -0.3 is 5.11 Å². The van der Waals surface area contributed by atoms with E-state index in [-0.39, 0.29) is 16.1 Å². The second-order valence-corrected chi connectivity index (χ2v) is 6.67. The molecule has 0 fully saturated rings. The van der Waals surface area contributed by atoms with E-state index in [0.29, 0.717) is 9.87 Å². The lowest BCUT2D eigenvalue weighted by Crippen LogP contribution is -2.40. The predicted molar refractivity (Wildman–Crippen MR) is 74.6 cm³/mol. The molecule has 1 aromatic carbocycles. The van der Waals surface area contributed by atoms with Crippen molar-refractivity contribution in [1.82, 2.24) is 4.31 Å². The van der Waals surface area contributed by atoms with Gasteiger partial charge in [0.05, 0.1) is 9.82 Å². The summed E-state index contributed by atoms with van der Waals surface area (Å²) >= 11 is 0. The summed E-state index contributed by atoms with van der Waals surface area (Å²) in [5, 5.41) is 19.9. The van der Waals surface area contributed by atoms with E-state index in [9.17, 15) is 23.3 Å². The Balaban J connectivity index is 3.52. The molecule has 1 atom stereocenters. The monoisotopic (exact) mass is 316 g/mol. The minimum absolute atomic E-state index is 0.0185.